The molecule has 4 nitrogen and oxygen atoms in total. The molecule has 28 heavy (non-hydrogen) atoms. The Kier molecular flexibility index (Phi) is 5.26. The number of hydrogen-bond acceptors (Lipinski definition) is 4. The minimum absolute atomic E-state index is 0.108. The van der Waals surface area contributed by atoms with Crippen molar-refractivity contribution in [3.63, 3.8) is 0 Å². The van der Waals surface area contributed by atoms with Gasteiger partial charge >= 0.3 is 0 Å². The van der Waals surface area contributed by atoms with Gasteiger partial charge in [-0.25, -0.2) is 4.98 Å². The van der Waals surface area contributed by atoms with Crippen LogP contribution >= 0.6 is 11.3 Å². The Morgan fingerprint density at radius 2 is 1.93 bits per heavy atom. The number of thiazole rings is 1. The van der Waals surface area contributed by atoms with Gasteiger partial charge in [-0.05, 0) is 54.4 Å². The van der Waals surface area contributed by atoms with Crippen molar-refractivity contribution in [2.75, 3.05) is 5.32 Å². The van der Waals surface area contributed by atoms with Crippen molar-refractivity contribution in [1.82, 2.24) is 9.97 Å². The number of hydrogen-bond donors (Lipinski definition) is 1. The quantitative estimate of drug-likeness (QED) is 0.503. The van der Waals surface area contributed by atoms with E-state index in [1.165, 1.54) is 5.56 Å². The van der Waals surface area contributed by atoms with Gasteiger partial charge in [-0.3, -0.25) is 9.78 Å². The molecule has 4 rings (SSSR count). The maximum absolute atomic E-state index is 12.4. The lowest BCUT2D eigenvalue weighted by atomic mass is 10.0. The molecule has 1 N–H and O–H groups in total. The highest BCUT2D eigenvalue weighted by Crippen LogP contribution is 2.25. The van der Waals surface area contributed by atoms with Gasteiger partial charge in [0.15, 0.2) is 0 Å². The fraction of sp³-hybridized carbons (Fsp3) is 0.0870. The van der Waals surface area contributed by atoms with E-state index in [4.69, 9.17) is 4.98 Å². The van der Waals surface area contributed by atoms with E-state index in [0.29, 0.717) is 5.56 Å². The number of rotatable bonds is 5. The van der Waals surface area contributed by atoms with Crippen LogP contribution in [0.5, 0.6) is 0 Å². The largest absolute Gasteiger partial charge is 0.322 e. The Hall–Kier alpha value is -3.31. The number of nitrogens with zero attached hydrogens (tertiary/aromatic N) is 2. The summed E-state index contributed by atoms with van der Waals surface area (Å²) in [6, 6.07) is 19.1. The molecule has 0 unspecified atom stereocenters. The average molecular weight is 385 g/mol. The standard InChI is InChI=1S/C23H19N3OS/c1-16-9-10-20(25-23(27)17-6-3-2-4-7-17)12-19(16)13-22-26-21(15-28-22)18-8-5-11-24-14-18/h2-12,14-15H,13H2,1H3,(H,25,27). The predicted octanol–water partition coefficient (Wildman–Crippen LogP) is 5.36. The minimum Gasteiger partial charge on any atom is -0.322 e. The van der Waals surface area contributed by atoms with Crippen LogP contribution in [0.4, 0.5) is 5.69 Å². The zero-order valence-corrected chi connectivity index (χ0v) is 16.2. The topological polar surface area (TPSA) is 54.9 Å². The number of anilines is 1. The molecule has 5 heteroatoms. The Labute approximate surface area is 167 Å². The van der Waals surface area contributed by atoms with E-state index in [1.54, 1.807) is 29.7 Å². The molecule has 138 valence electrons. The zero-order valence-electron chi connectivity index (χ0n) is 15.4. The molecule has 0 bridgehead atoms. The molecule has 0 aliphatic carbocycles. The van der Waals surface area contributed by atoms with Gasteiger partial charge in [0, 0.05) is 41.0 Å². The van der Waals surface area contributed by atoms with Gasteiger partial charge < -0.3 is 5.32 Å². The summed E-state index contributed by atoms with van der Waals surface area (Å²) >= 11 is 1.64. The lowest BCUT2D eigenvalue weighted by Crippen LogP contribution is -2.12. The molecule has 2 aromatic heterocycles. The monoisotopic (exact) mass is 385 g/mol. The third-order valence-electron chi connectivity index (χ3n) is 4.49. The highest BCUT2D eigenvalue weighted by atomic mass is 32.1. The highest BCUT2D eigenvalue weighted by Gasteiger charge is 2.10. The van der Waals surface area contributed by atoms with Crippen LogP contribution in [-0.2, 0) is 6.42 Å². The van der Waals surface area contributed by atoms with Crippen LogP contribution in [0, 0.1) is 6.92 Å². The molecule has 0 aliphatic heterocycles. The number of aryl methyl sites for hydroxylation is 1. The van der Waals surface area contributed by atoms with Crippen LogP contribution in [0.3, 0.4) is 0 Å². The van der Waals surface area contributed by atoms with Crippen LogP contribution in [0.15, 0.2) is 78.4 Å². The van der Waals surface area contributed by atoms with E-state index in [-0.39, 0.29) is 5.91 Å². The van der Waals surface area contributed by atoms with Crippen molar-refractivity contribution < 1.29 is 4.79 Å². The summed E-state index contributed by atoms with van der Waals surface area (Å²) < 4.78 is 0. The molecule has 0 saturated carbocycles. The second kappa shape index (κ2) is 8.15. The first kappa shape index (κ1) is 18.1. The molecule has 2 heterocycles. The van der Waals surface area contributed by atoms with E-state index in [0.717, 1.165) is 33.9 Å². The Balaban J connectivity index is 1.52. The zero-order chi connectivity index (χ0) is 19.3. The minimum atomic E-state index is -0.108. The first-order valence-corrected chi connectivity index (χ1v) is 9.88. The van der Waals surface area contributed by atoms with Gasteiger partial charge in [-0.2, -0.15) is 0 Å². The van der Waals surface area contributed by atoms with Gasteiger partial charge in [-0.1, -0.05) is 24.3 Å². The first-order chi connectivity index (χ1) is 13.7. The maximum atomic E-state index is 12.4. The molecular weight excluding hydrogens is 366 g/mol. The lowest BCUT2D eigenvalue weighted by Gasteiger charge is -2.09. The van der Waals surface area contributed by atoms with Gasteiger partial charge in [0.05, 0.1) is 10.7 Å². The Bertz CT molecular complexity index is 1090. The molecule has 0 spiro atoms. The van der Waals surface area contributed by atoms with E-state index in [1.807, 2.05) is 54.7 Å². The number of pyridine rings is 1. The van der Waals surface area contributed by atoms with Crippen LogP contribution in [-0.4, -0.2) is 15.9 Å². The van der Waals surface area contributed by atoms with E-state index < -0.39 is 0 Å². The maximum Gasteiger partial charge on any atom is 0.255 e. The van der Waals surface area contributed by atoms with Crippen molar-refractivity contribution in [2.45, 2.75) is 13.3 Å². The summed E-state index contributed by atoms with van der Waals surface area (Å²) in [6.45, 7) is 2.08. The lowest BCUT2D eigenvalue weighted by molar-refractivity contribution is 0.102. The molecule has 0 radical (unpaired) electrons. The van der Waals surface area contributed by atoms with E-state index in [9.17, 15) is 4.79 Å². The number of carbonyl (C=O) groups excluding carboxylic acids is 1. The number of benzene rings is 2. The Morgan fingerprint density at radius 1 is 1.07 bits per heavy atom. The second-order valence-corrected chi connectivity index (χ2v) is 7.45. The van der Waals surface area contributed by atoms with Crippen molar-refractivity contribution >= 4 is 22.9 Å². The highest BCUT2D eigenvalue weighted by molar-refractivity contribution is 7.10. The predicted molar refractivity (Wildman–Crippen MR) is 114 cm³/mol. The molecule has 4 aromatic rings. The van der Waals surface area contributed by atoms with Gasteiger partial charge in [0.1, 0.15) is 0 Å². The molecule has 0 atom stereocenters. The SMILES string of the molecule is Cc1ccc(NC(=O)c2ccccc2)cc1Cc1nc(-c2cccnc2)cs1. The first-order valence-electron chi connectivity index (χ1n) is 9.00. The fourth-order valence-corrected chi connectivity index (χ4v) is 3.76. The van der Waals surface area contributed by atoms with Gasteiger partial charge in [-0.15, -0.1) is 11.3 Å². The normalized spacial score (nSPS) is 10.6. The van der Waals surface area contributed by atoms with Crippen molar-refractivity contribution in [3.05, 3.63) is 100 Å². The van der Waals surface area contributed by atoms with E-state index >= 15 is 0 Å². The van der Waals surface area contributed by atoms with Crippen molar-refractivity contribution in [2.24, 2.45) is 0 Å². The third-order valence-corrected chi connectivity index (χ3v) is 5.34. The van der Waals surface area contributed by atoms with E-state index in [2.05, 4.69) is 22.6 Å². The molecule has 0 saturated heterocycles. The number of nitrogens with one attached hydrogen (secondary N) is 1. The Morgan fingerprint density at radius 3 is 2.71 bits per heavy atom. The average Bonchev–Trinajstić information content (AvgIpc) is 3.20. The number of carbonyl (C=O) groups is 1. The van der Waals surface area contributed by atoms with Crippen molar-refractivity contribution in [3.8, 4) is 11.3 Å². The van der Waals surface area contributed by atoms with Crippen LogP contribution in [0.25, 0.3) is 11.3 Å². The van der Waals surface area contributed by atoms with Crippen molar-refractivity contribution in [1.29, 1.82) is 0 Å². The van der Waals surface area contributed by atoms with Gasteiger partial charge in [0.2, 0.25) is 0 Å². The molecular formula is C23H19N3OS. The fourth-order valence-electron chi connectivity index (χ4n) is 2.93. The number of aromatic nitrogens is 2. The second-order valence-electron chi connectivity index (χ2n) is 6.51. The molecule has 0 fully saturated rings. The summed E-state index contributed by atoms with van der Waals surface area (Å²) in [5.74, 6) is -0.108. The molecule has 1 amide bonds. The summed E-state index contributed by atoms with van der Waals surface area (Å²) in [4.78, 5) is 21.3. The van der Waals surface area contributed by atoms with Crippen LogP contribution in [0.2, 0.25) is 0 Å². The van der Waals surface area contributed by atoms with Crippen LogP contribution < -0.4 is 5.32 Å². The van der Waals surface area contributed by atoms with Crippen LogP contribution in [0.1, 0.15) is 26.5 Å². The summed E-state index contributed by atoms with van der Waals surface area (Å²) in [7, 11) is 0. The smallest absolute Gasteiger partial charge is 0.255 e. The molecule has 0 aliphatic rings. The summed E-state index contributed by atoms with van der Waals surface area (Å²) in [5, 5.41) is 6.07. The number of amides is 1. The summed E-state index contributed by atoms with van der Waals surface area (Å²) in [5.41, 5.74) is 5.72. The third kappa shape index (κ3) is 4.15. The van der Waals surface area contributed by atoms with Gasteiger partial charge in [0.25, 0.3) is 5.91 Å². The molecule has 2 aromatic carbocycles. The summed E-state index contributed by atoms with van der Waals surface area (Å²) in [6.07, 6.45) is 4.31.